The average Bonchev–Trinajstić information content (AvgIpc) is 3.21. The zero-order chi connectivity index (χ0) is 30.3. The van der Waals surface area contributed by atoms with Crippen LogP contribution in [0, 0.1) is 11.3 Å². The highest BCUT2D eigenvalue weighted by atomic mass is 35.5. The smallest absolute Gasteiger partial charge is 0.467 e. The highest BCUT2D eigenvalue weighted by Gasteiger charge is 2.35. The number of fused-ring (bicyclic) bond motifs is 1. The van der Waals surface area contributed by atoms with Gasteiger partial charge < -0.3 is 24.3 Å². The van der Waals surface area contributed by atoms with E-state index in [0.29, 0.717) is 28.6 Å². The summed E-state index contributed by atoms with van der Waals surface area (Å²) in [7, 11) is 2.75. The molecule has 0 aliphatic heterocycles. The molecule has 4 rings (SSSR count). The molecular formula is C29H34ClF3N4O4. The zero-order valence-electron chi connectivity index (χ0n) is 23.8. The molecular weight excluding hydrogens is 561 g/mol. The number of hydrogen-bond donors (Lipinski definition) is 1. The third-order valence-electron chi connectivity index (χ3n) is 7.53. The first-order chi connectivity index (χ1) is 19.1. The van der Waals surface area contributed by atoms with Crippen molar-refractivity contribution in [2.45, 2.75) is 65.4 Å². The predicted octanol–water partition coefficient (Wildman–Crippen LogP) is 7.35. The lowest BCUT2D eigenvalue weighted by atomic mass is 9.70. The lowest BCUT2D eigenvalue weighted by Gasteiger charge is -2.40. The van der Waals surface area contributed by atoms with Crippen molar-refractivity contribution in [3.63, 3.8) is 0 Å². The van der Waals surface area contributed by atoms with E-state index in [4.69, 9.17) is 21.3 Å². The Morgan fingerprint density at radius 3 is 2.44 bits per heavy atom. The molecule has 0 spiro atoms. The number of methoxy groups -OCH3 is 1. The number of nitrogens with zero attached hydrogens (tertiary/aromatic N) is 3. The number of halogens is 4. The van der Waals surface area contributed by atoms with Gasteiger partial charge in [0.05, 0.1) is 28.7 Å². The number of benzene rings is 2. The number of aromatic nitrogens is 2. The van der Waals surface area contributed by atoms with Crippen LogP contribution < -0.4 is 10.1 Å². The Hall–Kier alpha value is -3.47. The molecule has 2 aromatic carbocycles. The number of hydrogen-bond acceptors (Lipinski definition) is 6. The van der Waals surface area contributed by atoms with Crippen molar-refractivity contribution in [3.05, 3.63) is 47.0 Å². The molecule has 12 heteroatoms. The van der Waals surface area contributed by atoms with Crippen LogP contribution in [0.5, 0.6) is 5.75 Å². The van der Waals surface area contributed by atoms with E-state index in [0.717, 1.165) is 19.3 Å². The topological polar surface area (TPSA) is 85.7 Å². The molecule has 222 valence electrons. The molecule has 1 aliphatic rings. The summed E-state index contributed by atoms with van der Waals surface area (Å²) in [4.78, 5) is 31.4. The van der Waals surface area contributed by atoms with Crippen LogP contribution in [0.2, 0.25) is 5.02 Å². The standard InChI is InChI=1S/C29H34ClF3N4O4/c1-16-11-19(15-28(3,4)14-16)37-24-13-22(30)21(25(38)36(5)17(2)26(39)40-6)12-23(24)35-27(37)34-18-7-9-20(10-8-18)41-29(31,32)33/h7-10,12-13,16-17,19H,11,14-15H2,1-6H3,(H,34,35)/t16-,17+,19+/m1/s1. The normalized spacial score (nSPS) is 19.5. The van der Waals surface area contributed by atoms with Gasteiger partial charge in [-0.1, -0.05) is 32.4 Å². The fourth-order valence-corrected chi connectivity index (χ4v) is 6.03. The Morgan fingerprint density at radius 2 is 1.85 bits per heavy atom. The number of imidazole rings is 1. The van der Waals surface area contributed by atoms with Crippen molar-refractivity contribution < 1.29 is 32.2 Å². The highest BCUT2D eigenvalue weighted by molar-refractivity contribution is 6.34. The summed E-state index contributed by atoms with van der Waals surface area (Å²) >= 11 is 6.66. The second-order valence-electron chi connectivity index (χ2n) is 11.5. The molecule has 3 atom stereocenters. The van der Waals surface area contributed by atoms with Gasteiger partial charge in [-0.05, 0) is 73.9 Å². The Bertz CT molecular complexity index is 1440. The second kappa shape index (κ2) is 11.4. The molecule has 1 aromatic heterocycles. The van der Waals surface area contributed by atoms with Crippen LogP contribution in [0.25, 0.3) is 11.0 Å². The summed E-state index contributed by atoms with van der Waals surface area (Å²) in [5, 5.41) is 3.44. The molecule has 1 N–H and O–H groups in total. The van der Waals surface area contributed by atoms with Crippen LogP contribution in [0.1, 0.15) is 63.4 Å². The fraction of sp³-hybridized carbons (Fsp3) is 0.483. The average molecular weight is 595 g/mol. The molecule has 1 aliphatic carbocycles. The van der Waals surface area contributed by atoms with E-state index in [1.807, 2.05) is 0 Å². The SMILES string of the molecule is COC(=O)[C@H](C)N(C)C(=O)c1cc2nc(Nc3ccc(OC(F)(F)F)cc3)n([C@H]3C[C@@H](C)CC(C)(C)C3)c2cc1Cl. The molecule has 1 fully saturated rings. The van der Waals surface area contributed by atoms with E-state index >= 15 is 0 Å². The molecule has 3 aromatic rings. The monoisotopic (exact) mass is 594 g/mol. The number of ether oxygens (including phenoxy) is 2. The van der Waals surface area contributed by atoms with Crippen LogP contribution in [0.4, 0.5) is 24.8 Å². The van der Waals surface area contributed by atoms with Gasteiger partial charge in [-0.15, -0.1) is 13.2 Å². The summed E-state index contributed by atoms with van der Waals surface area (Å²) < 4.78 is 48.7. The molecule has 1 heterocycles. The van der Waals surface area contributed by atoms with Crippen molar-refractivity contribution in [1.29, 1.82) is 0 Å². The molecule has 1 saturated carbocycles. The maximum atomic E-state index is 13.3. The van der Waals surface area contributed by atoms with Gasteiger partial charge in [-0.2, -0.15) is 0 Å². The number of likely N-dealkylation sites (N-methyl/N-ethyl adjacent to an activating group) is 1. The van der Waals surface area contributed by atoms with E-state index in [-0.39, 0.29) is 27.8 Å². The number of carbonyl (C=O) groups excluding carboxylic acids is 2. The van der Waals surface area contributed by atoms with Crippen molar-refractivity contribution in [1.82, 2.24) is 14.5 Å². The molecule has 0 radical (unpaired) electrons. The van der Waals surface area contributed by atoms with Gasteiger partial charge >= 0.3 is 12.3 Å². The lowest BCUT2D eigenvalue weighted by molar-refractivity contribution is -0.274. The minimum Gasteiger partial charge on any atom is -0.467 e. The van der Waals surface area contributed by atoms with Gasteiger partial charge in [0, 0.05) is 18.8 Å². The Labute approximate surface area is 241 Å². The molecule has 0 unspecified atom stereocenters. The third-order valence-corrected chi connectivity index (χ3v) is 7.84. The Morgan fingerprint density at radius 1 is 1.20 bits per heavy atom. The number of carbonyl (C=O) groups is 2. The first-order valence-corrected chi connectivity index (χ1v) is 13.7. The fourth-order valence-electron chi connectivity index (χ4n) is 5.79. The van der Waals surface area contributed by atoms with Gasteiger partial charge in [-0.25, -0.2) is 9.78 Å². The second-order valence-corrected chi connectivity index (χ2v) is 11.9. The van der Waals surface area contributed by atoms with E-state index < -0.39 is 24.3 Å². The van der Waals surface area contributed by atoms with Gasteiger partial charge in [0.25, 0.3) is 5.91 Å². The van der Waals surface area contributed by atoms with Crippen molar-refractivity contribution in [2.75, 3.05) is 19.5 Å². The summed E-state index contributed by atoms with van der Waals surface area (Å²) in [5.74, 6) is -0.449. The first-order valence-electron chi connectivity index (χ1n) is 13.3. The molecule has 41 heavy (non-hydrogen) atoms. The van der Waals surface area contributed by atoms with E-state index in [9.17, 15) is 22.8 Å². The summed E-state index contributed by atoms with van der Waals surface area (Å²) in [6, 6.07) is 7.91. The molecule has 0 saturated heterocycles. The molecule has 1 amide bonds. The minimum absolute atomic E-state index is 0.0497. The van der Waals surface area contributed by atoms with Crippen LogP contribution >= 0.6 is 11.6 Å². The maximum absolute atomic E-state index is 13.3. The summed E-state index contributed by atoms with van der Waals surface area (Å²) in [6.07, 6.45) is -1.96. The van der Waals surface area contributed by atoms with Gasteiger partial charge in [0.2, 0.25) is 5.95 Å². The van der Waals surface area contributed by atoms with E-state index in [1.165, 1.54) is 43.3 Å². The largest absolute Gasteiger partial charge is 0.573 e. The third kappa shape index (κ3) is 6.89. The van der Waals surface area contributed by atoms with Crippen LogP contribution in [0.3, 0.4) is 0 Å². The van der Waals surface area contributed by atoms with Crippen LogP contribution in [-0.4, -0.2) is 52.9 Å². The van der Waals surface area contributed by atoms with Crippen molar-refractivity contribution >= 4 is 46.1 Å². The van der Waals surface area contributed by atoms with Gasteiger partial charge in [-0.3, -0.25) is 4.79 Å². The van der Waals surface area contributed by atoms with Crippen LogP contribution in [0.15, 0.2) is 36.4 Å². The first kappa shape index (κ1) is 30.5. The van der Waals surface area contributed by atoms with E-state index in [2.05, 4.69) is 35.4 Å². The number of anilines is 2. The number of esters is 1. The summed E-state index contributed by atoms with van der Waals surface area (Å²) in [5.41, 5.74) is 1.98. The zero-order valence-corrected chi connectivity index (χ0v) is 24.6. The van der Waals surface area contributed by atoms with Crippen LogP contribution in [-0.2, 0) is 9.53 Å². The minimum atomic E-state index is -4.79. The highest BCUT2D eigenvalue weighted by Crippen LogP contribution is 2.46. The number of rotatable bonds is 7. The number of alkyl halides is 3. The maximum Gasteiger partial charge on any atom is 0.573 e. The number of amides is 1. The van der Waals surface area contributed by atoms with E-state index in [1.54, 1.807) is 19.1 Å². The predicted molar refractivity (Wildman–Crippen MR) is 151 cm³/mol. The lowest BCUT2D eigenvalue weighted by Crippen LogP contribution is -2.41. The Kier molecular flexibility index (Phi) is 8.50. The van der Waals surface area contributed by atoms with Gasteiger partial charge in [0.15, 0.2) is 0 Å². The number of nitrogens with one attached hydrogen (secondary N) is 1. The van der Waals surface area contributed by atoms with Crippen molar-refractivity contribution in [2.24, 2.45) is 11.3 Å². The van der Waals surface area contributed by atoms with Crippen molar-refractivity contribution in [3.8, 4) is 5.75 Å². The van der Waals surface area contributed by atoms with Gasteiger partial charge in [0.1, 0.15) is 11.8 Å². The summed E-state index contributed by atoms with van der Waals surface area (Å²) in [6.45, 7) is 8.22. The molecule has 0 bridgehead atoms. The quantitative estimate of drug-likeness (QED) is 0.288. The Balaban J connectivity index is 1.77. The molecule has 8 nitrogen and oxygen atoms in total.